The van der Waals surface area contributed by atoms with Crippen LogP contribution in [0.3, 0.4) is 0 Å². The summed E-state index contributed by atoms with van der Waals surface area (Å²) in [6.45, 7) is 1.02. The number of hydrogen-bond acceptors (Lipinski definition) is 3. The van der Waals surface area contributed by atoms with Gasteiger partial charge in [-0.05, 0) is 6.07 Å². The van der Waals surface area contributed by atoms with Crippen LogP contribution in [0.4, 0.5) is 0 Å². The fourth-order valence-electron chi connectivity index (χ4n) is 1.42. The third-order valence-corrected chi connectivity index (χ3v) is 2.20. The third kappa shape index (κ3) is 1.21. The molecular weight excluding hydrogens is 154 g/mol. The Kier molecular flexibility index (Phi) is 1.83. The molecule has 1 aromatic heterocycles. The van der Waals surface area contributed by atoms with Gasteiger partial charge < -0.3 is 9.84 Å². The average molecular weight is 165 g/mol. The van der Waals surface area contributed by atoms with E-state index in [9.17, 15) is 5.11 Å². The number of ether oxygens (including phenoxy) is 1. The van der Waals surface area contributed by atoms with E-state index in [1.807, 2.05) is 12.1 Å². The summed E-state index contributed by atoms with van der Waals surface area (Å²) in [6, 6.07) is 3.70. The first kappa shape index (κ1) is 7.71. The van der Waals surface area contributed by atoms with Crippen LogP contribution < -0.4 is 0 Å². The van der Waals surface area contributed by atoms with Gasteiger partial charge >= 0.3 is 0 Å². The van der Waals surface area contributed by atoms with Gasteiger partial charge in [0.2, 0.25) is 0 Å². The molecule has 3 nitrogen and oxygen atoms in total. The van der Waals surface area contributed by atoms with Crippen molar-refractivity contribution in [2.75, 3.05) is 13.2 Å². The predicted molar refractivity (Wildman–Crippen MR) is 43.6 cm³/mol. The van der Waals surface area contributed by atoms with Gasteiger partial charge in [0.1, 0.15) is 5.60 Å². The third-order valence-electron chi connectivity index (χ3n) is 2.20. The molecule has 1 saturated heterocycles. The van der Waals surface area contributed by atoms with Crippen LogP contribution in [0, 0.1) is 0 Å². The van der Waals surface area contributed by atoms with E-state index in [-0.39, 0.29) is 0 Å². The summed E-state index contributed by atoms with van der Waals surface area (Å²) in [4.78, 5) is 3.96. The number of nitrogens with zero attached hydrogens (tertiary/aromatic N) is 1. The topological polar surface area (TPSA) is 42.4 Å². The largest absolute Gasteiger partial charge is 0.383 e. The van der Waals surface area contributed by atoms with Crippen LogP contribution in [0.15, 0.2) is 24.5 Å². The fourth-order valence-corrected chi connectivity index (χ4v) is 1.42. The summed E-state index contributed by atoms with van der Waals surface area (Å²) in [5.41, 5.74) is 0.0522. The molecule has 1 aliphatic heterocycles. The van der Waals surface area contributed by atoms with Crippen LogP contribution >= 0.6 is 0 Å². The lowest BCUT2D eigenvalue weighted by Crippen LogP contribution is -2.25. The molecule has 0 spiro atoms. The highest BCUT2D eigenvalue weighted by molar-refractivity contribution is 5.18. The van der Waals surface area contributed by atoms with Gasteiger partial charge in [0, 0.05) is 31.0 Å². The van der Waals surface area contributed by atoms with Crippen molar-refractivity contribution in [1.82, 2.24) is 4.98 Å². The molecule has 1 unspecified atom stereocenters. The quantitative estimate of drug-likeness (QED) is 0.665. The maximum atomic E-state index is 10.00. The SMILES string of the molecule is OC1(c2cccnc2)CCOC1. The molecule has 0 amide bonds. The first-order valence-corrected chi connectivity index (χ1v) is 4.02. The summed E-state index contributed by atoms with van der Waals surface area (Å²) >= 11 is 0. The van der Waals surface area contributed by atoms with E-state index in [4.69, 9.17) is 4.74 Å². The van der Waals surface area contributed by atoms with Gasteiger partial charge in [0.05, 0.1) is 6.61 Å². The monoisotopic (exact) mass is 165 g/mol. The molecule has 1 fully saturated rings. The van der Waals surface area contributed by atoms with E-state index in [1.165, 1.54) is 0 Å². The Morgan fingerprint density at radius 2 is 2.50 bits per heavy atom. The van der Waals surface area contributed by atoms with E-state index in [2.05, 4.69) is 4.98 Å². The van der Waals surface area contributed by atoms with Crippen molar-refractivity contribution in [2.45, 2.75) is 12.0 Å². The summed E-state index contributed by atoms with van der Waals surface area (Å²) in [7, 11) is 0. The van der Waals surface area contributed by atoms with Crippen molar-refractivity contribution in [3.05, 3.63) is 30.1 Å². The Morgan fingerprint density at radius 1 is 1.58 bits per heavy atom. The van der Waals surface area contributed by atoms with E-state index in [0.717, 1.165) is 5.56 Å². The van der Waals surface area contributed by atoms with Crippen molar-refractivity contribution in [3.63, 3.8) is 0 Å². The number of rotatable bonds is 1. The smallest absolute Gasteiger partial charge is 0.117 e. The van der Waals surface area contributed by atoms with E-state index >= 15 is 0 Å². The van der Waals surface area contributed by atoms with Gasteiger partial charge in [-0.1, -0.05) is 6.07 Å². The first-order valence-electron chi connectivity index (χ1n) is 4.02. The zero-order valence-electron chi connectivity index (χ0n) is 6.73. The molecule has 64 valence electrons. The number of aromatic nitrogens is 1. The Hall–Kier alpha value is -0.930. The Balaban J connectivity index is 2.29. The van der Waals surface area contributed by atoms with Crippen LogP contribution in [0.2, 0.25) is 0 Å². The van der Waals surface area contributed by atoms with Crippen LogP contribution in [0.5, 0.6) is 0 Å². The molecule has 2 heterocycles. The number of aliphatic hydroxyl groups is 1. The van der Waals surface area contributed by atoms with Gasteiger partial charge in [0.15, 0.2) is 0 Å². The maximum absolute atomic E-state index is 10.00. The second-order valence-electron chi connectivity index (χ2n) is 3.08. The minimum absolute atomic E-state index is 0.388. The minimum atomic E-state index is -0.797. The standard InChI is InChI=1S/C9H11NO2/c11-9(3-5-12-7-9)8-2-1-4-10-6-8/h1-2,4,6,11H,3,5,7H2. The molecule has 0 radical (unpaired) electrons. The van der Waals surface area contributed by atoms with Gasteiger partial charge in [-0.25, -0.2) is 0 Å². The van der Waals surface area contributed by atoms with E-state index < -0.39 is 5.60 Å². The minimum Gasteiger partial charge on any atom is -0.383 e. The van der Waals surface area contributed by atoms with Crippen LogP contribution in [0.25, 0.3) is 0 Å². The van der Waals surface area contributed by atoms with Gasteiger partial charge in [-0.3, -0.25) is 4.98 Å². The summed E-state index contributed by atoms with van der Waals surface area (Å²) < 4.78 is 5.14. The van der Waals surface area contributed by atoms with Crippen molar-refractivity contribution in [1.29, 1.82) is 0 Å². The van der Waals surface area contributed by atoms with E-state index in [1.54, 1.807) is 12.4 Å². The van der Waals surface area contributed by atoms with Gasteiger partial charge in [0.25, 0.3) is 0 Å². The normalized spacial score (nSPS) is 29.1. The molecule has 0 aliphatic carbocycles. The van der Waals surface area contributed by atoms with Gasteiger partial charge in [-0.2, -0.15) is 0 Å². The highest BCUT2D eigenvalue weighted by Gasteiger charge is 2.34. The first-order chi connectivity index (χ1) is 5.81. The lowest BCUT2D eigenvalue weighted by Gasteiger charge is -2.19. The molecule has 1 N–H and O–H groups in total. The Morgan fingerprint density at radius 3 is 3.08 bits per heavy atom. The molecule has 1 atom stereocenters. The molecule has 0 saturated carbocycles. The Labute approximate surface area is 71.0 Å². The lowest BCUT2D eigenvalue weighted by atomic mass is 9.95. The second-order valence-corrected chi connectivity index (χ2v) is 3.08. The number of pyridine rings is 1. The van der Waals surface area contributed by atoms with Crippen molar-refractivity contribution in [3.8, 4) is 0 Å². The molecular formula is C9H11NO2. The van der Waals surface area contributed by atoms with Gasteiger partial charge in [-0.15, -0.1) is 0 Å². The lowest BCUT2D eigenvalue weighted by molar-refractivity contribution is 0.0229. The summed E-state index contributed by atoms with van der Waals surface area (Å²) in [5, 5.41) is 10.00. The molecule has 1 aliphatic rings. The van der Waals surface area contributed by atoms with Crippen LogP contribution in [0.1, 0.15) is 12.0 Å². The second kappa shape index (κ2) is 2.84. The highest BCUT2D eigenvalue weighted by Crippen LogP contribution is 2.29. The van der Waals surface area contributed by atoms with Crippen molar-refractivity contribution < 1.29 is 9.84 Å². The zero-order chi connectivity index (χ0) is 8.44. The summed E-state index contributed by atoms with van der Waals surface area (Å²) in [5.74, 6) is 0. The molecule has 1 aromatic rings. The molecule has 2 rings (SSSR count). The average Bonchev–Trinajstić information content (AvgIpc) is 2.55. The predicted octanol–water partition coefficient (Wildman–Crippen LogP) is 0.690. The van der Waals surface area contributed by atoms with Crippen LogP contribution in [-0.4, -0.2) is 23.3 Å². The zero-order valence-corrected chi connectivity index (χ0v) is 6.73. The Bertz CT molecular complexity index is 254. The molecule has 3 heteroatoms. The van der Waals surface area contributed by atoms with E-state index in [0.29, 0.717) is 19.6 Å². The molecule has 0 bridgehead atoms. The maximum Gasteiger partial charge on any atom is 0.117 e. The molecule has 12 heavy (non-hydrogen) atoms. The van der Waals surface area contributed by atoms with Crippen LogP contribution in [-0.2, 0) is 10.3 Å². The summed E-state index contributed by atoms with van der Waals surface area (Å²) in [6.07, 6.45) is 4.05. The highest BCUT2D eigenvalue weighted by atomic mass is 16.5. The van der Waals surface area contributed by atoms with Crippen molar-refractivity contribution >= 4 is 0 Å². The number of hydrogen-bond donors (Lipinski definition) is 1. The van der Waals surface area contributed by atoms with Crippen molar-refractivity contribution in [2.24, 2.45) is 0 Å². The fraction of sp³-hybridized carbons (Fsp3) is 0.444. The molecule has 0 aromatic carbocycles.